The third kappa shape index (κ3) is 5.01. The highest BCUT2D eigenvalue weighted by Crippen LogP contribution is 2.35. The van der Waals surface area contributed by atoms with Crippen LogP contribution in [0, 0.1) is 0 Å². The number of alkyl halides is 3. The molecule has 4 N–H and O–H groups in total. The number of hydrogen-bond donors (Lipinski definition) is 3. The number of nitrogens with one attached hydrogen (secondary N) is 2. The second kappa shape index (κ2) is 6.90. The molecule has 0 aromatic heterocycles. The first kappa shape index (κ1) is 17.4. The maximum atomic E-state index is 12.8. The van der Waals surface area contributed by atoms with Crippen molar-refractivity contribution in [2.75, 3.05) is 17.4 Å². The minimum atomic E-state index is -4.63. The first-order valence-electron chi connectivity index (χ1n) is 5.94. The number of benzene rings is 1. The molecule has 0 radical (unpaired) electrons. The van der Waals surface area contributed by atoms with Crippen molar-refractivity contribution >= 4 is 22.4 Å². The highest BCUT2D eigenvalue weighted by Gasteiger charge is 2.34. The van der Waals surface area contributed by atoms with Crippen molar-refractivity contribution in [2.24, 2.45) is 5.84 Å². The van der Waals surface area contributed by atoms with Gasteiger partial charge in [0.2, 0.25) is 0 Å². The molecule has 1 rings (SSSR count). The zero-order valence-corrected chi connectivity index (χ0v) is 12.3. The predicted octanol–water partition coefficient (Wildman–Crippen LogP) is 1.49. The van der Waals surface area contributed by atoms with Crippen LogP contribution in [0.15, 0.2) is 18.2 Å². The maximum absolute atomic E-state index is 12.8. The molecule has 118 valence electrons. The van der Waals surface area contributed by atoms with Crippen molar-refractivity contribution in [3.05, 3.63) is 29.3 Å². The lowest BCUT2D eigenvalue weighted by molar-refractivity contribution is -0.137. The highest BCUT2D eigenvalue weighted by molar-refractivity contribution is 7.84. The molecule has 9 heteroatoms. The van der Waals surface area contributed by atoms with Gasteiger partial charge in [-0.2, -0.15) is 13.2 Å². The van der Waals surface area contributed by atoms with Crippen LogP contribution in [0.5, 0.6) is 0 Å². The molecule has 2 unspecified atom stereocenters. The fourth-order valence-electron chi connectivity index (χ4n) is 1.75. The number of hydrogen-bond acceptors (Lipinski definition) is 4. The summed E-state index contributed by atoms with van der Waals surface area (Å²) >= 11 is 0. The Balaban J connectivity index is 2.98. The van der Waals surface area contributed by atoms with Crippen molar-refractivity contribution in [2.45, 2.75) is 19.1 Å². The lowest BCUT2D eigenvalue weighted by atomic mass is 10.1. The van der Waals surface area contributed by atoms with Crippen LogP contribution in [0.25, 0.3) is 0 Å². The quantitative estimate of drug-likeness (QED) is 0.566. The van der Waals surface area contributed by atoms with Crippen molar-refractivity contribution in [1.29, 1.82) is 0 Å². The Morgan fingerprint density at radius 2 is 2.05 bits per heavy atom. The Morgan fingerprint density at radius 1 is 1.43 bits per heavy atom. The first-order chi connectivity index (χ1) is 9.65. The van der Waals surface area contributed by atoms with Gasteiger partial charge in [0.25, 0.3) is 5.91 Å². The number of halogens is 3. The number of hydrazine groups is 1. The topological polar surface area (TPSA) is 84.2 Å². The van der Waals surface area contributed by atoms with Crippen molar-refractivity contribution < 1.29 is 22.2 Å². The minimum Gasteiger partial charge on any atom is -0.349 e. The highest BCUT2D eigenvalue weighted by atomic mass is 32.2. The summed E-state index contributed by atoms with van der Waals surface area (Å²) in [7, 11) is -1.11. The van der Waals surface area contributed by atoms with Gasteiger partial charge in [-0.05, 0) is 25.1 Å². The van der Waals surface area contributed by atoms with Crippen LogP contribution in [0.4, 0.5) is 18.9 Å². The van der Waals surface area contributed by atoms with E-state index in [1.165, 1.54) is 12.3 Å². The largest absolute Gasteiger partial charge is 0.418 e. The molecule has 0 saturated heterocycles. The molecule has 0 spiro atoms. The fraction of sp³-hybridized carbons (Fsp3) is 0.417. The van der Waals surface area contributed by atoms with E-state index in [0.29, 0.717) is 0 Å². The van der Waals surface area contributed by atoms with Crippen LogP contribution in [0.2, 0.25) is 0 Å². The summed E-state index contributed by atoms with van der Waals surface area (Å²) in [4.78, 5) is 11.9. The molecule has 1 amide bonds. The lowest BCUT2D eigenvalue weighted by Crippen LogP contribution is -2.36. The molecule has 0 saturated carbocycles. The van der Waals surface area contributed by atoms with E-state index in [1.807, 2.05) is 5.43 Å². The van der Waals surface area contributed by atoms with E-state index in [9.17, 15) is 22.2 Å². The minimum absolute atomic E-state index is 0.143. The molecule has 0 bridgehead atoms. The third-order valence-electron chi connectivity index (χ3n) is 2.60. The smallest absolute Gasteiger partial charge is 0.349 e. The number of anilines is 1. The Hall–Kier alpha value is -1.61. The summed E-state index contributed by atoms with van der Waals surface area (Å²) < 4.78 is 49.6. The summed E-state index contributed by atoms with van der Waals surface area (Å²) in [6.07, 6.45) is -3.15. The van der Waals surface area contributed by atoms with Crippen LogP contribution < -0.4 is 16.6 Å². The zero-order chi connectivity index (χ0) is 16.2. The Labute approximate surface area is 122 Å². The van der Waals surface area contributed by atoms with Gasteiger partial charge in [0.05, 0.1) is 11.3 Å². The van der Waals surface area contributed by atoms with E-state index in [-0.39, 0.29) is 17.0 Å². The average Bonchev–Trinajstić information content (AvgIpc) is 2.35. The van der Waals surface area contributed by atoms with Gasteiger partial charge in [0, 0.05) is 34.4 Å². The molecular weight excluding hydrogens is 307 g/mol. The first-order valence-corrected chi connectivity index (χ1v) is 7.66. The van der Waals surface area contributed by atoms with E-state index in [2.05, 4.69) is 5.32 Å². The second-order valence-corrected chi connectivity index (χ2v) is 6.00. The van der Waals surface area contributed by atoms with Gasteiger partial charge < -0.3 is 10.7 Å². The molecule has 0 fully saturated rings. The standard InChI is InChI=1S/C12H16F3N3O2S/c1-7(6-21(2)20)17-11(19)8-3-4-10(18-16)9(5-8)12(13,14)15/h3-5,7,18H,6,16H2,1-2H3,(H,17,19). The molecule has 2 atom stereocenters. The molecule has 1 aromatic rings. The van der Waals surface area contributed by atoms with Crippen LogP contribution in [-0.2, 0) is 17.0 Å². The predicted molar refractivity (Wildman–Crippen MR) is 75.1 cm³/mol. The van der Waals surface area contributed by atoms with E-state index in [1.54, 1.807) is 6.92 Å². The summed E-state index contributed by atoms with van der Waals surface area (Å²) in [5.41, 5.74) is 0.458. The van der Waals surface area contributed by atoms with Gasteiger partial charge >= 0.3 is 6.18 Å². The Bertz CT molecular complexity index is 549. The van der Waals surface area contributed by atoms with E-state index >= 15 is 0 Å². The van der Waals surface area contributed by atoms with Crippen LogP contribution in [0.1, 0.15) is 22.8 Å². The van der Waals surface area contributed by atoms with Crippen molar-refractivity contribution in [3.63, 3.8) is 0 Å². The summed E-state index contributed by atoms with van der Waals surface area (Å²) in [6, 6.07) is 2.63. The number of amides is 1. The molecule has 5 nitrogen and oxygen atoms in total. The lowest BCUT2D eigenvalue weighted by Gasteiger charge is -2.16. The van der Waals surface area contributed by atoms with Crippen LogP contribution in [0.3, 0.4) is 0 Å². The molecule has 21 heavy (non-hydrogen) atoms. The number of rotatable bonds is 5. The maximum Gasteiger partial charge on any atom is 0.418 e. The Kier molecular flexibility index (Phi) is 5.73. The van der Waals surface area contributed by atoms with E-state index in [4.69, 9.17) is 5.84 Å². The fourth-order valence-corrected chi connectivity index (χ4v) is 2.53. The number of carbonyl (C=O) groups excluding carboxylic acids is 1. The van der Waals surface area contributed by atoms with E-state index in [0.717, 1.165) is 12.1 Å². The number of nitrogen functional groups attached to an aromatic ring is 1. The molecular formula is C12H16F3N3O2S. The monoisotopic (exact) mass is 323 g/mol. The van der Waals surface area contributed by atoms with Gasteiger partial charge in [0.1, 0.15) is 0 Å². The molecule has 0 aliphatic heterocycles. The average molecular weight is 323 g/mol. The van der Waals surface area contributed by atoms with Gasteiger partial charge in [0.15, 0.2) is 0 Å². The third-order valence-corrected chi connectivity index (χ3v) is 3.57. The Morgan fingerprint density at radius 3 is 2.52 bits per heavy atom. The van der Waals surface area contributed by atoms with E-state index < -0.39 is 34.5 Å². The number of nitrogens with two attached hydrogens (primary N) is 1. The summed E-state index contributed by atoms with van der Waals surface area (Å²) in [5, 5.41) is 2.49. The molecule has 0 heterocycles. The second-order valence-electron chi connectivity index (χ2n) is 4.52. The van der Waals surface area contributed by atoms with Crippen molar-refractivity contribution in [3.8, 4) is 0 Å². The van der Waals surface area contributed by atoms with Gasteiger partial charge in [-0.15, -0.1) is 0 Å². The summed E-state index contributed by atoms with van der Waals surface area (Å²) in [6.45, 7) is 1.62. The zero-order valence-electron chi connectivity index (χ0n) is 11.5. The molecule has 1 aromatic carbocycles. The normalized spacial score (nSPS) is 14.4. The number of carbonyl (C=O) groups is 1. The van der Waals surface area contributed by atoms with Gasteiger partial charge in [-0.3, -0.25) is 14.8 Å². The molecule has 0 aliphatic carbocycles. The van der Waals surface area contributed by atoms with Gasteiger partial charge in [-0.25, -0.2) is 0 Å². The van der Waals surface area contributed by atoms with Crippen LogP contribution in [-0.4, -0.2) is 28.2 Å². The molecule has 0 aliphatic rings. The SMILES string of the molecule is CC(CS(C)=O)NC(=O)c1ccc(NN)c(C(F)(F)F)c1. The summed E-state index contributed by atoms with van der Waals surface area (Å²) in [5.74, 6) is 4.58. The van der Waals surface area contributed by atoms with Crippen LogP contribution >= 0.6 is 0 Å². The van der Waals surface area contributed by atoms with Crippen molar-refractivity contribution in [1.82, 2.24) is 5.32 Å². The van der Waals surface area contributed by atoms with Gasteiger partial charge in [-0.1, -0.05) is 0 Å².